The molecule has 0 aliphatic rings. The summed E-state index contributed by atoms with van der Waals surface area (Å²) in [6.45, 7) is 4.44. The molecule has 0 saturated heterocycles. The van der Waals surface area contributed by atoms with Crippen molar-refractivity contribution in [3.05, 3.63) is 0 Å². The number of hydrogen-bond donors (Lipinski definition) is 1. The van der Waals surface area contributed by atoms with Gasteiger partial charge in [-0.25, -0.2) is 0 Å². The van der Waals surface area contributed by atoms with Gasteiger partial charge in [-0.3, -0.25) is 0 Å². The van der Waals surface area contributed by atoms with Gasteiger partial charge in [0, 0.05) is 5.54 Å². The number of nitrogens with one attached hydrogen (secondary N) is 1. The topological polar surface area (TPSA) is 12.0 Å². The van der Waals surface area contributed by atoms with Crippen LogP contribution in [0.4, 0.5) is 13.2 Å². The van der Waals surface area contributed by atoms with Crippen molar-refractivity contribution in [2.45, 2.75) is 38.9 Å². The lowest BCUT2D eigenvalue weighted by molar-refractivity contribution is -0.128. The third-order valence-electron chi connectivity index (χ3n) is 1.65. The van der Waals surface area contributed by atoms with E-state index in [4.69, 9.17) is 0 Å². The molecule has 0 amide bonds. The van der Waals surface area contributed by atoms with Crippen molar-refractivity contribution in [3.63, 3.8) is 0 Å². The van der Waals surface area contributed by atoms with E-state index in [1.54, 1.807) is 13.8 Å². The van der Waals surface area contributed by atoms with Crippen molar-refractivity contribution in [2.24, 2.45) is 0 Å². The zero-order valence-electron chi connectivity index (χ0n) is 7.05. The molecule has 0 aliphatic carbocycles. The summed E-state index contributed by atoms with van der Waals surface area (Å²) >= 11 is 0. The maximum Gasteiger partial charge on any atom is 0.401 e. The third kappa shape index (κ3) is 6.16. The summed E-state index contributed by atoms with van der Waals surface area (Å²) in [5.74, 6) is 0. The van der Waals surface area contributed by atoms with E-state index in [-0.39, 0.29) is 0 Å². The standard InChI is InChI=1S/C7H14F3N/c1-4-6(2,3)11-5-7(8,9)10/h11H,4-5H2,1-3H3. The van der Waals surface area contributed by atoms with Crippen LogP contribution in [0.3, 0.4) is 0 Å². The molecule has 0 radical (unpaired) electrons. The molecule has 0 aromatic rings. The van der Waals surface area contributed by atoms with Crippen LogP contribution in [-0.4, -0.2) is 18.3 Å². The minimum Gasteiger partial charge on any atom is -0.304 e. The molecule has 1 nitrogen and oxygen atoms in total. The average Bonchev–Trinajstić information content (AvgIpc) is 1.83. The SMILES string of the molecule is CCC(C)(C)NCC(F)(F)F. The first kappa shape index (κ1) is 10.8. The van der Waals surface area contributed by atoms with E-state index < -0.39 is 18.3 Å². The Morgan fingerprint density at radius 3 is 1.91 bits per heavy atom. The van der Waals surface area contributed by atoms with Gasteiger partial charge in [-0.05, 0) is 20.3 Å². The monoisotopic (exact) mass is 169 g/mol. The fourth-order valence-electron chi connectivity index (χ4n) is 0.464. The van der Waals surface area contributed by atoms with Gasteiger partial charge >= 0.3 is 6.18 Å². The van der Waals surface area contributed by atoms with Crippen LogP contribution in [0.5, 0.6) is 0 Å². The Morgan fingerprint density at radius 1 is 1.18 bits per heavy atom. The molecule has 11 heavy (non-hydrogen) atoms. The van der Waals surface area contributed by atoms with Crippen LogP contribution >= 0.6 is 0 Å². The van der Waals surface area contributed by atoms with Crippen molar-refractivity contribution in [1.82, 2.24) is 5.32 Å². The van der Waals surface area contributed by atoms with E-state index in [1.165, 1.54) is 0 Å². The van der Waals surface area contributed by atoms with E-state index in [0.717, 1.165) is 0 Å². The Labute approximate surface area is 65.0 Å². The van der Waals surface area contributed by atoms with Crippen molar-refractivity contribution < 1.29 is 13.2 Å². The van der Waals surface area contributed by atoms with Crippen LogP contribution in [-0.2, 0) is 0 Å². The molecule has 0 unspecified atom stereocenters. The van der Waals surface area contributed by atoms with E-state index in [2.05, 4.69) is 5.32 Å². The second-order valence-corrected chi connectivity index (χ2v) is 3.21. The second kappa shape index (κ2) is 3.43. The van der Waals surface area contributed by atoms with Gasteiger partial charge < -0.3 is 5.32 Å². The van der Waals surface area contributed by atoms with Gasteiger partial charge in [-0.1, -0.05) is 6.92 Å². The van der Waals surface area contributed by atoms with Gasteiger partial charge in [0.25, 0.3) is 0 Å². The highest BCUT2D eigenvalue weighted by Crippen LogP contribution is 2.15. The number of alkyl halides is 3. The van der Waals surface area contributed by atoms with Gasteiger partial charge in [0.15, 0.2) is 0 Å². The predicted octanol–water partition coefficient (Wildman–Crippen LogP) is 2.33. The lowest BCUT2D eigenvalue weighted by atomic mass is 10.0. The van der Waals surface area contributed by atoms with Crippen molar-refractivity contribution >= 4 is 0 Å². The predicted molar refractivity (Wildman–Crippen MR) is 38.4 cm³/mol. The molecule has 0 aromatic heterocycles. The molecule has 0 atom stereocenters. The Bertz CT molecular complexity index is 117. The molecule has 0 aromatic carbocycles. The molecule has 0 rings (SSSR count). The summed E-state index contributed by atoms with van der Waals surface area (Å²) < 4.78 is 35.0. The van der Waals surface area contributed by atoms with Gasteiger partial charge in [-0.15, -0.1) is 0 Å². The fourth-order valence-corrected chi connectivity index (χ4v) is 0.464. The summed E-state index contributed by atoms with van der Waals surface area (Å²) in [4.78, 5) is 0. The zero-order chi connectivity index (χ0) is 9.12. The molecule has 0 spiro atoms. The quantitative estimate of drug-likeness (QED) is 0.683. The molecule has 1 N–H and O–H groups in total. The van der Waals surface area contributed by atoms with E-state index in [0.29, 0.717) is 6.42 Å². The van der Waals surface area contributed by atoms with Crippen LogP contribution in [0.15, 0.2) is 0 Å². The third-order valence-corrected chi connectivity index (χ3v) is 1.65. The molecule has 68 valence electrons. The first-order valence-corrected chi connectivity index (χ1v) is 3.58. The summed E-state index contributed by atoms with van der Waals surface area (Å²) in [5.41, 5.74) is -0.421. The van der Waals surface area contributed by atoms with Gasteiger partial charge in [0.2, 0.25) is 0 Å². The second-order valence-electron chi connectivity index (χ2n) is 3.21. The molecule has 0 aliphatic heterocycles. The lowest BCUT2D eigenvalue weighted by Gasteiger charge is -2.25. The highest BCUT2D eigenvalue weighted by atomic mass is 19.4. The molecular formula is C7H14F3N. The van der Waals surface area contributed by atoms with Gasteiger partial charge in [-0.2, -0.15) is 13.2 Å². The fraction of sp³-hybridized carbons (Fsp3) is 1.00. The smallest absolute Gasteiger partial charge is 0.304 e. The Morgan fingerprint density at radius 2 is 1.64 bits per heavy atom. The summed E-state index contributed by atoms with van der Waals surface area (Å²) in [7, 11) is 0. The van der Waals surface area contributed by atoms with E-state index >= 15 is 0 Å². The van der Waals surface area contributed by atoms with Crippen LogP contribution in [0.25, 0.3) is 0 Å². The zero-order valence-corrected chi connectivity index (χ0v) is 7.05. The van der Waals surface area contributed by atoms with E-state index in [1.807, 2.05) is 6.92 Å². The maximum absolute atomic E-state index is 11.7. The number of halogens is 3. The lowest BCUT2D eigenvalue weighted by Crippen LogP contribution is -2.43. The van der Waals surface area contributed by atoms with Crippen molar-refractivity contribution in [1.29, 1.82) is 0 Å². The number of hydrogen-bond acceptors (Lipinski definition) is 1. The maximum atomic E-state index is 11.7. The highest BCUT2D eigenvalue weighted by molar-refractivity contribution is 4.76. The van der Waals surface area contributed by atoms with Crippen LogP contribution in [0.2, 0.25) is 0 Å². The van der Waals surface area contributed by atoms with Gasteiger partial charge in [0.1, 0.15) is 0 Å². The summed E-state index contributed by atoms with van der Waals surface area (Å²) in [6.07, 6.45) is -3.42. The molecule has 0 bridgehead atoms. The van der Waals surface area contributed by atoms with Gasteiger partial charge in [0.05, 0.1) is 6.54 Å². The van der Waals surface area contributed by atoms with Crippen LogP contribution < -0.4 is 5.32 Å². The van der Waals surface area contributed by atoms with Crippen molar-refractivity contribution in [3.8, 4) is 0 Å². The largest absolute Gasteiger partial charge is 0.401 e. The first-order chi connectivity index (χ1) is 4.77. The van der Waals surface area contributed by atoms with E-state index in [9.17, 15) is 13.2 Å². The van der Waals surface area contributed by atoms with Crippen LogP contribution in [0.1, 0.15) is 27.2 Å². The molecule has 0 heterocycles. The first-order valence-electron chi connectivity index (χ1n) is 3.58. The number of rotatable bonds is 3. The highest BCUT2D eigenvalue weighted by Gasteiger charge is 2.29. The normalized spacial score (nSPS) is 13.6. The summed E-state index contributed by atoms with van der Waals surface area (Å²) in [5, 5.41) is 2.42. The minimum atomic E-state index is -4.10. The molecule has 0 fully saturated rings. The van der Waals surface area contributed by atoms with Crippen LogP contribution in [0, 0.1) is 0 Å². The Balaban J connectivity index is 3.70. The Hall–Kier alpha value is -0.250. The molecule has 4 heteroatoms. The van der Waals surface area contributed by atoms with Crippen molar-refractivity contribution in [2.75, 3.05) is 6.54 Å². The summed E-state index contributed by atoms with van der Waals surface area (Å²) in [6, 6.07) is 0. The minimum absolute atomic E-state index is 0.421. The average molecular weight is 169 g/mol. The Kier molecular flexibility index (Phi) is 3.35. The molecular weight excluding hydrogens is 155 g/mol. The molecule has 0 saturated carbocycles.